The molecule has 0 bridgehead atoms. The fourth-order valence-corrected chi connectivity index (χ4v) is 2.85. The minimum absolute atomic E-state index is 0.0157. The first-order chi connectivity index (χ1) is 13.9. The number of carbonyl (C=O) groups is 2. The highest BCUT2D eigenvalue weighted by Gasteiger charge is 2.19. The van der Waals surface area contributed by atoms with Crippen LogP contribution in [-0.2, 0) is 11.3 Å². The van der Waals surface area contributed by atoms with Gasteiger partial charge in [-0.2, -0.15) is 0 Å². The van der Waals surface area contributed by atoms with Gasteiger partial charge in [0.05, 0.1) is 12.1 Å². The highest BCUT2D eigenvalue weighted by molar-refractivity contribution is 6.32. The third-order valence-electron chi connectivity index (χ3n) is 3.99. The molecule has 1 aromatic heterocycles. The number of nitrogen functional groups attached to an aromatic ring is 1. The van der Waals surface area contributed by atoms with E-state index in [1.807, 2.05) is 25.1 Å². The first-order valence-corrected chi connectivity index (χ1v) is 8.95. The maximum atomic E-state index is 12.4. The van der Waals surface area contributed by atoms with Crippen LogP contribution in [0.5, 0.6) is 5.75 Å². The Morgan fingerprint density at radius 1 is 1.17 bits per heavy atom. The smallest absolute Gasteiger partial charge is 0.280 e. The normalized spacial score (nSPS) is 10.4. The number of methoxy groups -OCH3 is 1. The van der Waals surface area contributed by atoms with Crippen LogP contribution in [-0.4, -0.2) is 33.9 Å². The number of carbonyl (C=O) groups excluding carboxylic acids is 2. The number of hydrogen-bond acceptors (Lipinski definition) is 6. The van der Waals surface area contributed by atoms with E-state index in [2.05, 4.69) is 20.9 Å². The molecule has 0 fully saturated rings. The minimum Gasteiger partial charge on any atom is -0.495 e. The molecule has 0 atom stereocenters. The summed E-state index contributed by atoms with van der Waals surface area (Å²) in [6.07, 6.45) is 0. The Bertz CT molecular complexity index is 1070. The molecule has 0 radical (unpaired) electrons. The Morgan fingerprint density at radius 3 is 2.62 bits per heavy atom. The molecule has 3 aromatic rings. The van der Waals surface area contributed by atoms with Crippen LogP contribution in [0.2, 0.25) is 5.02 Å². The fourth-order valence-electron chi connectivity index (χ4n) is 2.59. The van der Waals surface area contributed by atoms with E-state index in [0.717, 1.165) is 10.2 Å². The van der Waals surface area contributed by atoms with E-state index in [1.54, 1.807) is 24.3 Å². The lowest BCUT2D eigenvalue weighted by Crippen LogP contribution is -2.21. The molecule has 150 valence electrons. The van der Waals surface area contributed by atoms with Crippen molar-refractivity contribution < 1.29 is 14.3 Å². The van der Waals surface area contributed by atoms with Crippen LogP contribution in [0.1, 0.15) is 16.1 Å². The standard InChI is InChI=1S/C19H19ClN6O3/c1-11-4-3-5-12(8-11)23-19(28)17-18(21)26(25-24-17)10-16(27)22-13-6-7-15(29-2)14(20)9-13/h3-9H,10,21H2,1-2H3,(H,22,27)(H,23,28). The van der Waals surface area contributed by atoms with Gasteiger partial charge in [0, 0.05) is 11.4 Å². The van der Waals surface area contributed by atoms with Crippen molar-refractivity contribution in [3.63, 3.8) is 0 Å². The molecular formula is C19H19ClN6O3. The predicted molar refractivity (Wildman–Crippen MR) is 110 cm³/mol. The molecule has 10 heteroatoms. The summed E-state index contributed by atoms with van der Waals surface area (Å²) in [7, 11) is 1.50. The van der Waals surface area contributed by atoms with Crippen molar-refractivity contribution in [1.29, 1.82) is 0 Å². The second-order valence-electron chi connectivity index (χ2n) is 6.20. The summed E-state index contributed by atoms with van der Waals surface area (Å²) in [5.74, 6) is -0.442. The Balaban J connectivity index is 1.66. The van der Waals surface area contributed by atoms with Crippen molar-refractivity contribution >= 4 is 40.6 Å². The van der Waals surface area contributed by atoms with E-state index in [9.17, 15) is 9.59 Å². The van der Waals surface area contributed by atoms with Crippen LogP contribution in [0.25, 0.3) is 0 Å². The van der Waals surface area contributed by atoms with Crippen molar-refractivity contribution in [2.24, 2.45) is 0 Å². The topological polar surface area (TPSA) is 124 Å². The number of ether oxygens (including phenoxy) is 1. The average Bonchev–Trinajstić information content (AvgIpc) is 3.02. The van der Waals surface area contributed by atoms with E-state index in [-0.39, 0.29) is 18.1 Å². The van der Waals surface area contributed by atoms with Crippen LogP contribution in [0.3, 0.4) is 0 Å². The van der Waals surface area contributed by atoms with Crippen LogP contribution in [0.15, 0.2) is 42.5 Å². The van der Waals surface area contributed by atoms with Gasteiger partial charge >= 0.3 is 0 Å². The number of halogens is 1. The number of aryl methyl sites for hydroxylation is 1. The van der Waals surface area contributed by atoms with Gasteiger partial charge in [-0.25, -0.2) is 4.68 Å². The van der Waals surface area contributed by atoms with Crippen molar-refractivity contribution in [3.8, 4) is 5.75 Å². The van der Waals surface area contributed by atoms with Gasteiger partial charge in [-0.15, -0.1) is 5.10 Å². The monoisotopic (exact) mass is 414 g/mol. The highest BCUT2D eigenvalue weighted by atomic mass is 35.5. The molecule has 0 aliphatic rings. The lowest BCUT2D eigenvalue weighted by atomic mass is 10.2. The molecule has 9 nitrogen and oxygen atoms in total. The van der Waals surface area contributed by atoms with Gasteiger partial charge in [0.2, 0.25) is 5.91 Å². The number of rotatable bonds is 6. The summed E-state index contributed by atoms with van der Waals surface area (Å²) in [5.41, 5.74) is 7.98. The number of nitrogens with two attached hydrogens (primary N) is 1. The molecule has 4 N–H and O–H groups in total. The highest BCUT2D eigenvalue weighted by Crippen LogP contribution is 2.27. The summed E-state index contributed by atoms with van der Waals surface area (Å²) in [4.78, 5) is 24.7. The number of aromatic nitrogens is 3. The van der Waals surface area contributed by atoms with Gasteiger partial charge < -0.3 is 21.1 Å². The van der Waals surface area contributed by atoms with Gasteiger partial charge in [0.15, 0.2) is 11.5 Å². The molecule has 3 rings (SSSR count). The fraction of sp³-hybridized carbons (Fsp3) is 0.158. The van der Waals surface area contributed by atoms with Crippen LogP contribution >= 0.6 is 11.6 Å². The lowest BCUT2D eigenvalue weighted by Gasteiger charge is -2.08. The van der Waals surface area contributed by atoms with E-state index in [1.165, 1.54) is 7.11 Å². The number of amides is 2. The average molecular weight is 415 g/mol. The van der Waals surface area contributed by atoms with Crippen LogP contribution < -0.4 is 21.1 Å². The van der Waals surface area contributed by atoms with Gasteiger partial charge in [-0.05, 0) is 42.8 Å². The molecule has 2 amide bonds. The zero-order chi connectivity index (χ0) is 21.0. The summed E-state index contributed by atoms with van der Waals surface area (Å²) in [6, 6.07) is 12.1. The summed E-state index contributed by atoms with van der Waals surface area (Å²) >= 11 is 6.04. The number of benzene rings is 2. The Hall–Kier alpha value is -3.59. The van der Waals surface area contributed by atoms with Crippen molar-refractivity contribution in [2.45, 2.75) is 13.5 Å². The van der Waals surface area contributed by atoms with E-state index in [4.69, 9.17) is 22.1 Å². The second-order valence-corrected chi connectivity index (χ2v) is 6.61. The number of nitrogens with one attached hydrogen (secondary N) is 2. The largest absolute Gasteiger partial charge is 0.495 e. The van der Waals surface area contributed by atoms with E-state index in [0.29, 0.717) is 22.1 Å². The number of nitrogens with zero attached hydrogens (tertiary/aromatic N) is 3. The molecule has 0 saturated carbocycles. The molecule has 0 saturated heterocycles. The molecule has 0 aliphatic carbocycles. The Morgan fingerprint density at radius 2 is 1.93 bits per heavy atom. The SMILES string of the molecule is COc1ccc(NC(=O)Cn2nnc(C(=O)Nc3cccc(C)c3)c2N)cc1Cl. The van der Waals surface area contributed by atoms with Gasteiger partial charge in [0.1, 0.15) is 12.3 Å². The first-order valence-electron chi connectivity index (χ1n) is 8.57. The second kappa shape index (κ2) is 8.61. The number of anilines is 3. The molecule has 0 spiro atoms. The van der Waals surface area contributed by atoms with E-state index >= 15 is 0 Å². The van der Waals surface area contributed by atoms with E-state index < -0.39 is 11.8 Å². The summed E-state index contributed by atoms with van der Waals surface area (Å²) in [5, 5.41) is 13.3. The lowest BCUT2D eigenvalue weighted by molar-refractivity contribution is -0.116. The van der Waals surface area contributed by atoms with Gasteiger partial charge in [-0.3, -0.25) is 9.59 Å². The third-order valence-corrected chi connectivity index (χ3v) is 4.29. The molecule has 0 aliphatic heterocycles. The number of hydrogen-bond donors (Lipinski definition) is 3. The van der Waals surface area contributed by atoms with Crippen molar-refractivity contribution in [2.75, 3.05) is 23.5 Å². The van der Waals surface area contributed by atoms with Gasteiger partial charge in [-0.1, -0.05) is 28.9 Å². The van der Waals surface area contributed by atoms with Gasteiger partial charge in [0.25, 0.3) is 5.91 Å². The molecular weight excluding hydrogens is 396 g/mol. The molecule has 1 heterocycles. The molecule has 29 heavy (non-hydrogen) atoms. The maximum Gasteiger partial charge on any atom is 0.280 e. The zero-order valence-corrected chi connectivity index (χ0v) is 16.5. The zero-order valence-electron chi connectivity index (χ0n) is 15.8. The summed E-state index contributed by atoms with van der Waals surface area (Å²) in [6.45, 7) is 1.69. The first kappa shape index (κ1) is 20.2. The Labute approximate surface area is 171 Å². The van der Waals surface area contributed by atoms with Crippen molar-refractivity contribution in [3.05, 3.63) is 58.7 Å². The van der Waals surface area contributed by atoms with Crippen molar-refractivity contribution in [1.82, 2.24) is 15.0 Å². The minimum atomic E-state index is -0.512. The molecule has 2 aromatic carbocycles. The quantitative estimate of drug-likeness (QED) is 0.569. The predicted octanol–water partition coefficient (Wildman–Crippen LogP) is 2.72. The molecule has 0 unspecified atom stereocenters. The Kier molecular flexibility index (Phi) is 5.99. The maximum absolute atomic E-state index is 12.4. The third kappa shape index (κ3) is 4.82. The summed E-state index contributed by atoms with van der Waals surface area (Å²) < 4.78 is 6.21. The van der Waals surface area contributed by atoms with Crippen LogP contribution in [0, 0.1) is 6.92 Å². The van der Waals surface area contributed by atoms with Crippen LogP contribution in [0.4, 0.5) is 17.2 Å².